The molecule has 0 aromatic rings. The van der Waals surface area contributed by atoms with Gasteiger partial charge in [0.15, 0.2) is 0 Å². The Bertz CT molecular complexity index is 634. The van der Waals surface area contributed by atoms with Crippen LogP contribution in [0.15, 0.2) is 12.2 Å². The summed E-state index contributed by atoms with van der Waals surface area (Å²) in [5.41, 5.74) is 0. The lowest BCUT2D eigenvalue weighted by Crippen LogP contribution is -2.28. The molecule has 0 bridgehead atoms. The van der Waals surface area contributed by atoms with Crippen LogP contribution >= 0.6 is 0 Å². The maximum absolute atomic E-state index is 12.4. The summed E-state index contributed by atoms with van der Waals surface area (Å²) < 4.78 is 5.79. The van der Waals surface area contributed by atoms with Crippen LogP contribution in [0.5, 0.6) is 0 Å². The fraction of sp³-hybridized carbons (Fsp3) is 0.853. The maximum Gasteiger partial charge on any atom is 0.322 e. The van der Waals surface area contributed by atoms with E-state index in [4.69, 9.17) is 9.84 Å². The van der Waals surface area contributed by atoms with Gasteiger partial charge in [0, 0.05) is 12.8 Å². The number of carbonyl (C=O) groups is 3. The summed E-state index contributed by atoms with van der Waals surface area (Å²) in [7, 11) is 0. The molecule has 0 aromatic heterocycles. The summed E-state index contributed by atoms with van der Waals surface area (Å²) in [5.74, 6) is -1.33. The average molecular weight is 566 g/mol. The largest absolute Gasteiger partial charge is 0.480 e. The Morgan fingerprint density at radius 2 is 1.10 bits per heavy atom. The fourth-order valence-electron chi connectivity index (χ4n) is 4.91. The number of allylic oxidation sites excluding steroid dienone is 2. The third-order valence-corrected chi connectivity index (χ3v) is 7.44. The number of nitrogens with one attached hydrogen (secondary N) is 1. The standard InChI is InChI=1S/C34H63NO5/c1-3-5-7-8-9-10-11-12-13-14-15-16-17-18-19-20-21-25-29-34(39)40-31(26-6-4-2)27-23-22-24-28-32(36)35-30-33(37)38/h13-14,31H,3-12,15-30H2,1-2H3,(H,35,36)(H,37,38)/b14-13-. The van der Waals surface area contributed by atoms with Crippen LogP contribution in [0.4, 0.5) is 0 Å². The summed E-state index contributed by atoms with van der Waals surface area (Å²) in [6.07, 6.45) is 32.4. The first kappa shape index (κ1) is 38.1. The van der Waals surface area contributed by atoms with E-state index < -0.39 is 5.97 Å². The molecule has 0 fully saturated rings. The van der Waals surface area contributed by atoms with Crippen molar-refractivity contribution in [1.82, 2.24) is 5.32 Å². The fourth-order valence-corrected chi connectivity index (χ4v) is 4.91. The first-order valence-electron chi connectivity index (χ1n) is 16.8. The number of hydrogen-bond donors (Lipinski definition) is 2. The Balaban J connectivity index is 3.69. The molecule has 0 aromatic carbocycles. The van der Waals surface area contributed by atoms with Gasteiger partial charge in [0.25, 0.3) is 0 Å². The van der Waals surface area contributed by atoms with Crippen molar-refractivity contribution in [2.75, 3.05) is 6.54 Å². The van der Waals surface area contributed by atoms with Gasteiger partial charge in [0.05, 0.1) is 0 Å². The number of esters is 1. The minimum atomic E-state index is -1.03. The average Bonchev–Trinajstić information content (AvgIpc) is 2.93. The van der Waals surface area contributed by atoms with E-state index in [1.54, 1.807) is 0 Å². The van der Waals surface area contributed by atoms with Crippen LogP contribution in [-0.2, 0) is 19.1 Å². The van der Waals surface area contributed by atoms with Crippen molar-refractivity contribution in [1.29, 1.82) is 0 Å². The second-order valence-corrected chi connectivity index (χ2v) is 11.4. The van der Waals surface area contributed by atoms with E-state index in [1.807, 2.05) is 0 Å². The highest BCUT2D eigenvalue weighted by molar-refractivity contribution is 5.80. The highest BCUT2D eigenvalue weighted by atomic mass is 16.5. The molecule has 234 valence electrons. The predicted octanol–water partition coefficient (Wildman–Crippen LogP) is 9.45. The zero-order chi connectivity index (χ0) is 29.5. The van der Waals surface area contributed by atoms with Crippen molar-refractivity contribution in [2.45, 2.75) is 180 Å². The van der Waals surface area contributed by atoms with Gasteiger partial charge in [-0.15, -0.1) is 0 Å². The molecule has 1 unspecified atom stereocenters. The molecule has 0 spiro atoms. The van der Waals surface area contributed by atoms with Crippen LogP contribution < -0.4 is 5.32 Å². The van der Waals surface area contributed by atoms with Gasteiger partial charge in [-0.3, -0.25) is 14.4 Å². The Labute approximate surface area is 246 Å². The van der Waals surface area contributed by atoms with E-state index in [1.165, 1.54) is 89.9 Å². The lowest BCUT2D eigenvalue weighted by Gasteiger charge is -2.18. The van der Waals surface area contributed by atoms with E-state index in [2.05, 4.69) is 31.3 Å². The summed E-state index contributed by atoms with van der Waals surface area (Å²) >= 11 is 0. The molecule has 1 atom stereocenters. The lowest BCUT2D eigenvalue weighted by atomic mass is 10.0. The number of aliphatic carboxylic acids is 1. The molecular weight excluding hydrogens is 502 g/mol. The van der Waals surface area contributed by atoms with Crippen molar-refractivity contribution < 1.29 is 24.2 Å². The summed E-state index contributed by atoms with van der Waals surface area (Å²) in [5, 5.41) is 11.0. The number of rotatable bonds is 30. The molecule has 0 saturated heterocycles. The van der Waals surface area contributed by atoms with Crippen LogP contribution in [0.3, 0.4) is 0 Å². The number of carbonyl (C=O) groups excluding carboxylic acids is 2. The molecule has 2 N–H and O–H groups in total. The van der Waals surface area contributed by atoms with Crippen molar-refractivity contribution >= 4 is 17.8 Å². The zero-order valence-corrected chi connectivity index (χ0v) is 26.2. The quantitative estimate of drug-likeness (QED) is 0.0514. The number of carboxylic acids is 1. The molecule has 0 radical (unpaired) electrons. The minimum absolute atomic E-state index is 0.0297. The Morgan fingerprint density at radius 3 is 1.68 bits per heavy atom. The molecule has 6 heteroatoms. The zero-order valence-electron chi connectivity index (χ0n) is 26.2. The van der Waals surface area contributed by atoms with Gasteiger partial charge < -0.3 is 15.2 Å². The topological polar surface area (TPSA) is 92.7 Å². The van der Waals surface area contributed by atoms with E-state index in [0.717, 1.165) is 57.8 Å². The highest BCUT2D eigenvalue weighted by Crippen LogP contribution is 2.17. The van der Waals surface area contributed by atoms with Gasteiger partial charge in [-0.1, -0.05) is 116 Å². The van der Waals surface area contributed by atoms with Crippen LogP contribution in [0, 0.1) is 0 Å². The van der Waals surface area contributed by atoms with Crippen LogP contribution in [0.1, 0.15) is 174 Å². The SMILES string of the molecule is CCCCCCCCC/C=C\CCCCCCCCCC(=O)OC(CCCC)CCCCCC(=O)NCC(=O)O. The summed E-state index contributed by atoms with van der Waals surface area (Å²) in [6.45, 7) is 4.08. The molecule has 0 aliphatic heterocycles. The number of ether oxygens (including phenoxy) is 1. The predicted molar refractivity (Wildman–Crippen MR) is 166 cm³/mol. The summed E-state index contributed by atoms with van der Waals surface area (Å²) in [4.78, 5) is 34.4. The molecule has 0 rings (SSSR count). The van der Waals surface area contributed by atoms with Gasteiger partial charge in [-0.05, 0) is 57.8 Å². The number of amides is 1. The van der Waals surface area contributed by atoms with Gasteiger partial charge in [-0.2, -0.15) is 0 Å². The van der Waals surface area contributed by atoms with Gasteiger partial charge in [0.2, 0.25) is 5.91 Å². The third kappa shape index (κ3) is 29.1. The second kappa shape index (κ2) is 30.1. The minimum Gasteiger partial charge on any atom is -0.480 e. The molecule has 0 aliphatic rings. The normalized spacial score (nSPS) is 12.1. The molecule has 40 heavy (non-hydrogen) atoms. The van der Waals surface area contributed by atoms with Crippen LogP contribution in [-0.4, -0.2) is 35.6 Å². The Kier molecular flexibility index (Phi) is 28.7. The maximum atomic E-state index is 12.4. The van der Waals surface area contributed by atoms with Crippen LogP contribution in [0.2, 0.25) is 0 Å². The molecule has 0 heterocycles. The monoisotopic (exact) mass is 565 g/mol. The van der Waals surface area contributed by atoms with Crippen molar-refractivity contribution in [3.8, 4) is 0 Å². The molecule has 0 aliphatic carbocycles. The Hall–Kier alpha value is -1.85. The smallest absolute Gasteiger partial charge is 0.322 e. The number of carboxylic acid groups (broad SMARTS) is 1. The van der Waals surface area contributed by atoms with E-state index in [9.17, 15) is 14.4 Å². The highest BCUT2D eigenvalue weighted by Gasteiger charge is 2.14. The van der Waals surface area contributed by atoms with Gasteiger partial charge in [-0.25, -0.2) is 0 Å². The first-order valence-corrected chi connectivity index (χ1v) is 16.8. The van der Waals surface area contributed by atoms with Gasteiger partial charge >= 0.3 is 11.9 Å². The van der Waals surface area contributed by atoms with E-state index in [0.29, 0.717) is 12.8 Å². The van der Waals surface area contributed by atoms with Crippen LogP contribution in [0.25, 0.3) is 0 Å². The molecule has 6 nitrogen and oxygen atoms in total. The van der Waals surface area contributed by atoms with E-state index in [-0.39, 0.29) is 24.5 Å². The lowest BCUT2D eigenvalue weighted by molar-refractivity contribution is -0.150. The second-order valence-electron chi connectivity index (χ2n) is 11.4. The van der Waals surface area contributed by atoms with Crippen molar-refractivity contribution in [2.24, 2.45) is 0 Å². The molecule has 0 saturated carbocycles. The van der Waals surface area contributed by atoms with Gasteiger partial charge in [0.1, 0.15) is 12.6 Å². The first-order chi connectivity index (χ1) is 19.5. The number of unbranched alkanes of at least 4 members (excludes halogenated alkanes) is 17. The molecule has 1 amide bonds. The third-order valence-electron chi connectivity index (χ3n) is 7.44. The number of hydrogen-bond acceptors (Lipinski definition) is 4. The van der Waals surface area contributed by atoms with Crippen molar-refractivity contribution in [3.05, 3.63) is 12.2 Å². The molecular formula is C34H63NO5. The Morgan fingerprint density at radius 1 is 0.625 bits per heavy atom. The van der Waals surface area contributed by atoms with E-state index >= 15 is 0 Å². The summed E-state index contributed by atoms with van der Waals surface area (Å²) in [6, 6.07) is 0. The van der Waals surface area contributed by atoms with Crippen molar-refractivity contribution in [3.63, 3.8) is 0 Å².